The van der Waals surface area contributed by atoms with Gasteiger partial charge in [-0.1, -0.05) is 6.08 Å². The van der Waals surface area contributed by atoms with E-state index < -0.39 is 0 Å². The summed E-state index contributed by atoms with van der Waals surface area (Å²) in [5.74, 6) is 0. The maximum atomic E-state index is 4.39. The van der Waals surface area contributed by atoms with Gasteiger partial charge in [0, 0.05) is 18.1 Å². The van der Waals surface area contributed by atoms with E-state index in [-0.39, 0.29) is 0 Å². The fourth-order valence-electron chi connectivity index (χ4n) is 1.37. The fraction of sp³-hybridized carbons (Fsp3) is 0.364. The molecule has 1 aromatic rings. The normalized spacial score (nSPS) is 11.7. The van der Waals surface area contributed by atoms with Gasteiger partial charge in [-0.3, -0.25) is 4.99 Å². The van der Waals surface area contributed by atoms with E-state index >= 15 is 0 Å². The molecule has 0 amide bonds. The second-order valence-corrected chi connectivity index (χ2v) is 4.14. The summed E-state index contributed by atoms with van der Waals surface area (Å²) in [4.78, 5) is 6.88. The molecule has 0 aliphatic carbocycles. The molecule has 76 valence electrons. The lowest BCUT2D eigenvalue weighted by Gasteiger charge is -1.99. The van der Waals surface area contributed by atoms with E-state index in [0.717, 1.165) is 11.4 Å². The van der Waals surface area contributed by atoms with Gasteiger partial charge in [-0.05, 0) is 26.8 Å². The van der Waals surface area contributed by atoms with Crippen LogP contribution in [0.2, 0.25) is 0 Å². The number of hydrogen-bond acceptors (Lipinski definition) is 3. The Kier molecular flexibility index (Phi) is 3.89. The van der Waals surface area contributed by atoms with E-state index in [1.165, 1.54) is 9.75 Å². The van der Waals surface area contributed by atoms with Crippen LogP contribution in [-0.4, -0.2) is 13.3 Å². The minimum atomic E-state index is 1.05. The summed E-state index contributed by atoms with van der Waals surface area (Å²) < 4.78 is 0. The lowest BCUT2D eigenvalue weighted by molar-refractivity contribution is 1.45. The molecule has 14 heavy (non-hydrogen) atoms. The third-order valence-corrected chi connectivity index (χ3v) is 2.97. The quantitative estimate of drug-likeness (QED) is 0.749. The van der Waals surface area contributed by atoms with Gasteiger partial charge in [-0.25, -0.2) is 0 Å². The van der Waals surface area contributed by atoms with Crippen LogP contribution in [-0.2, 0) is 0 Å². The highest BCUT2D eigenvalue weighted by Crippen LogP contribution is 2.40. The van der Waals surface area contributed by atoms with Crippen LogP contribution in [0.5, 0.6) is 0 Å². The topological polar surface area (TPSA) is 24.4 Å². The molecule has 0 aliphatic rings. The highest BCUT2D eigenvalue weighted by Gasteiger charge is 2.10. The van der Waals surface area contributed by atoms with E-state index in [4.69, 9.17) is 0 Å². The first kappa shape index (κ1) is 11.0. The minimum Gasteiger partial charge on any atom is -0.385 e. The molecule has 0 saturated carbocycles. The molecule has 0 spiro atoms. The van der Waals surface area contributed by atoms with Crippen molar-refractivity contribution in [2.45, 2.75) is 20.8 Å². The average molecular weight is 208 g/mol. The maximum absolute atomic E-state index is 4.39. The average Bonchev–Trinajstić information content (AvgIpc) is 2.44. The highest BCUT2D eigenvalue weighted by atomic mass is 32.1. The standard InChI is InChI=1S/C11H16N2S/c1-5-7-9-11(13-6-2)10(12-4)8(3)14-9/h5-7,12H,1-4H3/b7-5-,13-6?. The molecule has 0 unspecified atom stereocenters. The second-order valence-electron chi connectivity index (χ2n) is 2.88. The monoisotopic (exact) mass is 208 g/mol. The molecule has 0 aliphatic heterocycles. The van der Waals surface area contributed by atoms with Gasteiger partial charge >= 0.3 is 0 Å². The SMILES string of the molecule is CC=Nc1c(/C=C\C)sc(C)c1NC. The molecule has 0 fully saturated rings. The summed E-state index contributed by atoms with van der Waals surface area (Å²) in [5.41, 5.74) is 2.19. The third kappa shape index (κ3) is 2.04. The van der Waals surface area contributed by atoms with Gasteiger partial charge in [0.05, 0.1) is 10.6 Å². The van der Waals surface area contributed by atoms with Crippen molar-refractivity contribution < 1.29 is 0 Å². The molecule has 0 saturated heterocycles. The number of thiophene rings is 1. The number of aliphatic imine (C=N–C) groups is 1. The minimum absolute atomic E-state index is 1.05. The highest BCUT2D eigenvalue weighted by molar-refractivity contribution is 7.14. The fourth-order valence-corrected chi connectivity index (χ4v) is 2.46. The first-order chi connectivity index (χ1) is 6.74. The Bertz CT molecular complexity index is 362. The molecule has 2 nitrogen and oxygen atoms in total. The van der Waals surface area contributed by atoms with Crippen molar-refractivity contribution in [1.29, 1.82) is 0 Å². The lowest BCUT2D eigenvalue weighted by Crippen LogP contribution is -1.87. The first-order valence-electron chi connectivity index (χ1n) is 4.67. The van der Waals surface area contributed by atoms with Crippen molar-refractivity contribution in [3.63, 3.8) is 0 Å². The number of nitrogens with zero attached hydrogens (tertiary/aromatic N) is 1. The summed E-state index contributed by atoms with van der Waals surface area (Å²) in [6.45, 7) is 6.07. The number of allylic oxidation sites excluding steroid dienone is 1. The molecule has 1 aromatic heterocycles. The number of nitrogens with one attached hydrogen (secondary N) is 1. The molecule has 1 N–H and O–H groups in total. The Labute approximate surface area is 89.4 Å². The van der Waals surface area contributed by atoms with Gasteiger partial charge in [0.2, 0.25) is 0 Å². The smallest absolute Gasteiger partial charge is 0.104 e. The van der Waals surface area contributed by atoms with Crippen molar-refractivity contribution in [3.05, 3.63) is 15.8 Å². The van der Waals surface area contributed by atoms with Crippen LogP contribution in [0.4, 0.5) is 11.4 Å². The zero-order chi connectivity index (χ0) is 10.6. The number of anilines is 1. The van der Waals surface area contributed by atoms with E-state index in [0.29, 0.717) is 0 Å². The molecule has 0 bridgehead atoms. The molecular formula is C11H16N2S. The van der Waals surface area contributed by atoms with Crippen LogP contribution < -0.4 is 5.32 Å². The summed E-state index contributed by atoms with van der Waals surface area (Å²) in [6, 6.07) is 0. The molecule has 1 heterocycles. The van der Waals surface area contributed by atoms with Gasteiger partial charge in [0.25, 0.3) is 0 Å². The van der Waals surface area contributed by atoms with Gasteiger partial charge < -0.3 is 5.32 Å². The number of rotatable bonds is 3. The Morgan fingerprint density at radius 3 is 2.57 bits per heavy atom. The third-order valence-electron chi connectivity index (χ3n) is 1.91. The number of aryl methyl sites for hydroxylation is 1. The molecule has 0 aromatic carbocycles. The first-order valence-corrected chi connectivity index (χ1v) is 5.48. The molecule has 0 radical (unpaired) electrons. The van der Waals surface area contributed by atoms with Crippen molar-refractivity contribution in [2.75, 3.05) is 12.4 Å². The maximum Gasteiger partial charge on any atom is 0.104 e. The van der Waals surface area contributed by atoms with Crippen molar-refractivity contribution in [1.82, 2.24) is 0 Å². The van der Waals surface area contributed by atoms with Crippen LogP contribution in [0.15, 0.2) is 11.1 Å². The predicted molar refractivity (Wildman–Crippen MR) is 67.1 cm³/mol. The van der Waals surface area contributed by atoms with E-state index in [1.807, 2.05) is 33.2 Å². The Morgan fingerprint density at radius 2 is 2.07 bits per heavy atom. The van der Waals surface area contributed by atoms with E-state index in [2.05, 4.69) is 23.3 Å². The van der Waals surface area contributed by atoms with Gasteiger partial charge in [0.1, 0.15) is 5.69 Å². The van der Waals surface area contributed by atoms with E-state index in [9.17, 15) is 0 Å². The molecular weight excluding hydrogens is 192 g/mol. The van der Waals surface area contributed by atoms with Gasteiger partial charge in [0.15, 0.2) is 0 Å². The van der Waals surface area contributed by atoms with Crippen LogP contribution in [0.3, 0.4) is 0 Å². The zero-order valence-corrected chi connectivity index (χ0v) is 9.90. The Hall–Kier alpha value is -1.09. The van der Waals surface area contributed by atoms with Gasteiger partial charge in [-0.15, -0.1) is 11.3 Å². The lowest BCUT2D eigenvalue weighted by atomic mass is 10.3. The molecule has 0 atom stereocenters. The Balaban J connectivity index is 3.29. The van der Waals surface area contributed by atoms with E-state index in [1.54, 1.807) is 11.3 Å². The zero-order valence-electron chi connectivity index (χ0n) is 9.09. The summed E-state index contributed by atoms with van der Waals surface area (Å²) in [7, 11) is 1.93. The Morgan fingerprint density at radius 1 is 1.36 bits per heavy atom. The molecule has 3 heteroatoms. The van der Waals surface area contributed by atoms with Crippen molar-refractivity contribution in [3.8, 4) is 0 Å². The summed E-state index contributed by atoms with van der Waals surface area (Å²) >= 11 is 1.77. The summed E-state index contributed by atoms with van der Waals surface area (Å²) in [6.07, 6.45) is 5.97. The summed E-state index contributed by atoms with van der Waals surface area (Å²) in [5, 5.41) is 3.19. The second kappa shape index (κ2) is 4.96. The predicted octanol–water partition coefficient (Wildman–Crippen LogP) is 3.85. The number of hydrogen-bond donors (Lipinski definition) is 1. The van der Waals surface area contributed by atoms with Crippen molar-refractivity contribution >= 4 is 35.0 Å². The van der Waals surface area contributed by atoms with Crippen LogP contribution in [0, 0.1) is 6.92 Å². The molecule has 1 rings (SSSR count). The van der Waals surface area contributed by atoms with Gasteiger partial charge in [-0.2, -0.15) is 0 Å². The van der Waals surface area contributed by atoms with Crippen LogP contribution in [0.25, 0.3) is 6.08 Å². The van der Waals surface area contributed by atoms with Crippen molar-refractivity contribution in [2.24, 2.45) is 4.99 Å². The van der Waals surface area contributed by atoms with Crippen LogP contribution in [0.1, 0.15) is 23.6 Å². The largest absolute Gasteiger partial charge is 0.385 e. The van der Waals surface area contributed by atoms with Crippen LogP contribution >= 0.6 is 11.3 Å².